The molecule has 1 amide bonds. The van der Waals surface area contributed by atoms with Crippen LogP contribution >= 0.6 is 0 Å². The van der Waals surface area contributed by atoms with E-state index in [1.54, 1.807) is 30.2 Å². The van der Waals surface area contributed by atoms with E-state index in [0.717, 1.165) is 25.9 Å². The fourth-order valence-corrected chi connectivity index (χ4v) is 4.59. The van der Waals surface area contributed by atoms with Crippen LogP contribution in [0.4, 0.5) is 5.82 Å². The third-order valence-corrected chi connectivity index (χ3v) is 6.50. The Morgan fingerprint density at radius 1 is 1.19 bits per heavy atom. The van der Waals surface area contributed by atoms with E-state index in [0.29, 0.717) is 47.7 Å². The molecule has 3 aliphatic rings. The minimum atomic E-state index is -0.279. The maximum atomic E-state index is 13.2. The molecule has 5 rings (SSSR count). The van der Waals surface area contributed by atoms with Gasteiger partial charge >= 0.3 is 0 Å². The second-order valence-electron chi connectivity index (χ2n) is 8.69. The van der Waals surface area contributed by atoms with Gasteiger partial charge in [-0.05, 0) is 61.1 Å². The first-order chi connectivity index (χ1) is 15.5. The summed E-state index contributed by atoms with van der Waals surface area (Å²) in [4.78, 5) is 21.8. The van der Waals surface area contributed by atoms with Gasteiger partial charge in [0, 0.05) is 32.1 Å². The van der Waals surface area contributed by atoms with Gasteiger partial charge in [-0.25, -0.2) is 4.98 Å². The molecule has 8 heteroatoms. The number of benzene rings is 1. The average Bonchev–Trinajstić information content (AvgIpc) is 3.58. The molecule has 0 bridgehead atoms. The van der Waals surface area contributed by atoms with Gasteiger partial charge in [-0.15, -0.1) is 0 Å². The normalized spacial score (nSPS) is 18.4. The maximum Gasteiger partial charge on any atom is 0.260 e. The van der Waals surface area contributed by atoms with Crippen molar-refractivity contribution in [2.24, 2.45) is 0 Å². The van der Waals surface area contributed by atoms with Crippen molar-refractivity contribution >= 4 is 23.4 Å². The van der Waals surface area contributed by atoms with Crippen molar-refractivity contribution in [3.8, 4) is 5.75 Å². The molecule has 1 saturated heterocycles. The molecule has 1 aliphatic carbocycles. The number of likely N-dealkylation sites (tertiary alicyclic amines) is 1. The van der Waals surface area contributed by atoms with Gasteiger partial charge in [-0.3, -0.25) is 20.5 Å². The van der Waals surface area contributed by atoms with E-state index in [-0.39, 0.29) is 11.7 Å². The number of fused-ring (bicyclic) bond motifs is 1. The Balaban J connectivity index is 1.36. The number of anilines is 1. The van der Waals surface area contributed by atoms with E-state index in [2.05, 4.69) is 15.2 Å². The van der Waals surface area contributed by atoms with Crippen LogP contribution < -0.4 is 10.1 Å². The van der Waals surface area contributed by atoms with Crippen molar-refractivity contribution in [3.63, 3.8) is 0 Å². The van der Waals surface area contributed by atoms with Gasteiger partial charge in [-0.2, -0.15) is 0 Å². The summed E-state index contributed by atoms with van der Waals surface area (Å²) in [5.41, 5.74) is 3.36. The molecule has 0 spiro atoms. The Labute approximate surface area is 187 Å². The van der Waals surface area contributed by atoms with Crippen LogP contribution in [-0.4, -0.2) is 58.6 Å². The lowest BCUT2D eigenvalue weighted by atomic mass is 9.96. The van der Waals surface area contributed by atoms with Gasteiger partial charge in [0.1, 0.15) is 23.1 Å². The molecule has 3 N–H and O–H groups in total. The number of carbonyl (C=O) groups excluding carboxylic acids is 1. The topological polar surface area (TPSA) is 105 Å². The standard InChI is InChI=1S/C24H28N6O2/c1-32-20-13-15-9-11-29(17-7-8-17)14-16(15)12-18(20)24(31)28-22-6-2-4-19(27-22)23(26)30-10-3-5-21(30)25/h2,4,6,12-13,17,25-26H,3,5,7-11,14H2,1H3,(H,27,28,31). The number of ether oxygens (including phenoxy) is 1. The molecule has 2 aliphatic heterocycles. The number of amidine groups is 2. The maximum absolute atomic E-state index is 13.2. The van der Waals surface area contributed by atoms with E-state index in [1.807, 2.05) is 12.1 Å². The summed E-state index contributed by atoms with van der Waals surface area (Å²) in [7, 11) is 1.59. The summed E-state index contributed by atoms with van der Waals surface area (Å²) in [6, 6.07) is 9.85. The molecule has 2 fully saturated rings. The summed E-state index contributed by atoms with van der Waals surface area (Å²) in [6.45, 7) is 2.58. The van der Waals surface area contributed by atoms with Crippen molar-refractivity contribution in [1.82, 2.24) is 14.8 Å². The Bertz CT molecular complexity index is 1090. The van der Waals surface area contributed by atoms with Crippen molar-refractivity contribution in [1.29, 1.82) is 10.8 Å². The molecule has 1 aromatic heterocycles. The van der Waals surface area contributed by atoms with Crippen LogP contribution in [-0.2, 0) is 13.0 Å². The van der Waals surface area contributed by atoms with Crippen LogP contribution in [0, 0.1) is 10.8 Å². The van der Waals surface area contributed by atoms with Crippen LogP contribution in [0.1, 0.15) is 52.9 Å². The highest BCUT2D eigenvalue weighted by atomic mass is 16.5. The molecule has 166 valence electrons. The van der Waals surface area contributed by atoms with Crippen LogP contribution in [0.5, 0.6) is 5.75 Å². The molecule has 8 nitrogen and oxygen atoms in total. The highest BCUT2D eigenvalue weighted by molar-refractivity contribution is 6.08. The predicted octanol–water partition coefficient (Wildman–Crippen LogP) is 3.26. The number of aromatic nitrogens is 1. The molecule has 0 atom stereocenters. The summed E-state index contributed by atoms with van der Waals surface area (Å²) < 4.78 is 5.54. The minimum Gasteiger partial charge on any atom is -0.496 e. The number of nitrogens with zero attached hydrogens (tertiary/aromatic N) is 3. The SMILES string of the molecule is COc1cc2c(cc1C(=O)Nc1cccc(C(=N)N3CCCC3=N)n1)CN(C1CC1)CC2. The third kappa shape index (κ3) is 3.98. The number of methoxy groups -OCH3 is 1. The van der Waals surface area contributed by atoms with Gasteiger partial charge in [-0.1, -0.05) is 6.07 Å². The van der Waals surface area contributed by atoms with Crippen LogP contribution in [0.3, 0.4) is 0 Å². The molecule has 2 aromatic rings. The number of hydrogen-bond donors (Lipinski definition) is 3. The first kappa shape index (κ1) is 20.6. The number of carbonyl (C=O) groups is 1. The monoisotopic (exact) mass is 432 g/mol. The highest BCUT2D eigenvalue weighted by Gasteiger charge is 2.32. The molecule has 3 heterocycles. The predicted molar refractivity (Wildman–Crippen MR) is 123 cm³/mol. The number of rotatable bonds is 5. The first-order valence-corrected chi connectivity index (χ1v) is 11.2. The lowest BCUT2D eigenvalue weighted by Crippen LogP contribution is -2.32. The van der Waals surface area contributed by atoms with Crippen molar-refractivity contribution in [3.05, 3.63) is 52.7 Å². The largest absolute Gasteiger partial charge is 0.496 e. The Morgan fingerprint density at radius 2 is 2.03 bits per heavy atom. The van der Waals surface area contributed by atoms with E-state index >= 15 is 0 Å². The number of amides is 1. The van der Waals surface area contributed by atoms with Gasteiger partial charge < -0.3 is 15.0 Å². The van der Waals surface area contributed by atoms with Crippen molar-refractivity contribution in [2.75, 3.05) is 25.5 Å². The zero-order chi connectivity index (χ0) is 22.2. The van der Waals surface area contributed by atoms with Gasteiger partial charge in [0.2, 0.25) is 0 Å². The summed E-state index contributed by atoms with van der Waals surface area (Å²) in [5.74, 6) is 1.29. The Hall–Kier alpha value is -3.26. The third-order valence-electron chi connectivity index (χ3n) is 6.50. The average molecular weight is 433 g/mol. The molecule has 1 aromatic carbocycles. The quantitative estimate of drug-likeness (QED) is 0.497. The fourth-order valence-electron chi connectivity index (χ4n) is 4.59. The zero-order valence-electron chi connectivity index (χ0n) is 18.3. The second kappa shape index (κ2) is 8.35. The Morgan fingerprint density at radius 3 is 2.75 bits per heavy atom. The van der Waals surface area contributed by atoms with Crippen LogP contribution in [0.25, 0.3) is 0 Å². The smallest absolute Gasteiger partial charge is 0.260 e. The van der Waals surface area contributed by atoms with Gasteiger partial charge in [0.05, 0.1) is 12.7 Å². The number of nitrogens with one attached hydrogen (secondary N) is 3. The number of hydrogen-bond acceptors (Lipinski definition) is 6. The molecular formula is C24H28N6O2. The lowest BCUT2D eigenvalue weighted by molar-refractivity contribution is 0.102. The molecular weight excluding hydrogens is 404 g/mol. The molecule has 0 radical (unpaired) electrons. The first-order valence-electron chi connectivity index (χ1n) is 11.2. The summed E-state index contributed by atoms with van der Waals surface area (Å²) in [6.07, 6.45) is 5.06. The zero-order valence-corrected chi connectivity index (χ0v) is 18.3. The van der Waals surface area contributed by atoms with E-state index < -0.39 is 0 Å². The van der Waals surface area contributed by atoms with Crippen molar-refractivity contribution < 1.29 is 9.53 Å². The minimum absolute atomic E-state index is 0.190. The summed E-state index contributed by atoms with van der Waals surface area (Å²) >= 11 is 0. The van der Waals surface area contributed by atoms with E-state index in [1.165, 1.54) is 24.0 Å². The van der Waals surface area contributed by atoms with E-state index in [4.69, 9.17) is 15.6 Å². The Kier molecular flexibility index (Phi) is 5.38. The van der Waals surface area contributed by atoms with Gasteiger partial charge in [0.25, 0.3) is 5.91 Å². The van der Waals surface area contributed by atoms with Crippen LogP contribution in [0.2, 0.25) is 0 Å². The summed E-state index contributed by atoms with van der Waals surface area (Å²) in [5, 5.41) is 19.3. The fraction of sp³-hybridized carbons (Fsp3) is 0.417. The molecule has 0 unspecified atom stereocenters. The number of pyridine rings is 1. The lowest BCUT2D eigenvalue weighted by Gasteiger charge is -2.29. The van der Waals surface area contributed by atoms with E-state index in [9.17, 15) is 4.79 Å². The second-order valence-corrected chi connectivity index (χ2v) is 8.69. The van der Waals surface area contributed by atoms with Gasteiger partial charge in [0.15, 0.2) is 5.84 Å². The molecule has 32 heavy (non-hydrogen) atoms. The van der Waals surface area contributed by atoms with Crippen LogP contribution in [0.15, 0.2) is 30.3 Å². The highest BCUT2D eigenvalue weighted by Crippen LogP contribution is 2.34. The van der Waals surface area contributed by atoms with Crippen molar-refractivity contribution in [2.45, 2.75) is 44.7 Å². The molecule has 1 saturated carbocycles.